The first-order chi connectivity index (χ1) is 14.7. The fourth-order valence-electron chi connectivity index (χ4n) is 3.03. The van der Waals surface area contributed by atoms with Crippen LogP contribution in [0.25, 0.3) is 11.1 Å². The van der Waals surface area contributed by atoms with Crippen molar-refractivity contribution in [1.82, 2.24) is 0 Å². The van der Waals surface area contributed by atoms with E-state index in [1.165, 1.54) is 0 Å². The van der Waals surface area contributed by atoms with E-state index in [4.69, 9.17) is 0 Å². The topological polar surface area (TPSA) is 65.2 Å². The molecule has 4 aromatic carbocycles. The van der Waals surface area contributed by atoms with E-state index in [9.17, 15) is 10.2 Å². The number of hydrogen-bond acceptors (Lipinski definition) is 4. The zero-order chi connectivity index (χ0) is 20.8. The van der Waals surface area contributed by atoms with E-state index in [1.807, 2.05) is 72.8 Å². The molecule has 0 spiro atoms. The Bertz CT molecular complexity index is 1210. The molecule has 0 aromatic heterocycles. The van der Waals surface area contributed by atoms with Gasteiger partial charge in [-0.3, -0.25) is 9.98 Å². The standard InChI is InChI=1S/C26H20N2O2/c29-25-13-7-4-10-21(25)17-27-23-11-5-6-12-24(23)28-18-22-16-20(14-15-26(22)30)19-8-2-1-3-9-19/h1-18,29-30H. The minimum absolute atomic E-state index is 0.161. The predicted molar refractivity (Wildman–Crippen MR) is 123 cm³/mol. The molecule has 0 fully saturated rings. The highest BCUT2D eigenvalue weighted by molar-refractivity contribution is 5.90. The summed E-state index contributed by atoms with van der Waals surface area (Å²) in [6.45, 7) is 0. The molecule has 4 aromatic rings. The molecule has 0 radical (unpaired) electrons. The highest BCUT2D eigenvalue weighted by Crippen LogP contribution is 2.29. The molecule has 0 aliphatic rings. The summed E-state index contributed by atoms with van der Waals surface area (Å²) in [5, 5.41) is 20.2. The second-order valence-electron chi connectivity index (χ2n) is 6.70. The molecule has 0 bridgehead atoms. The van der Waals surface area contributed by atoms with Gasteiger partial charge in [0, 0.05) is 23.6 Å². The van der Waals surface area contributed by atoms with Gasteiger partial charge in [0.05, 0.1) is 11.4 Å². The van der Waals surface area contributed by atoms with Crippen LogP contribution in [-0.4, -0.2) is 22.6 Å². The normalized spacial score (nSPS) is 11.3. The number of para-hydroxylation sites is 3. The summed E-state index contributed by atoms with van der Waals surface area (Å²) in [4.78, 5) is 9.02. The molecule has 4 rings (SSSR count). The van der Waals surface area contributed by atoms with Crippen LogP contribution in [0.2, 0.25) is 0 Å². The molecule has 0 unspecified atom stereocenters. The van der Waals surface area contributed by atoms with Crippen LogP contribution in [-0.2, 0) is 0 Å². The molecule has 4 heteroatoms. The van der Waals surface area contributed by atoms with Crippen molar-refractivity contribution in [3.63, 3.8) is 0 Å². The lowest BCUT2D eigenvalue weighted by Crippen LogP contribution is -1.85. The number of aromatic hydroxyl groups is 2. The first kappa shape index (κ1) is 19.2. The molecule has 0 amide bonds. The Balaban J connectivity index is 1.63. The maximum atomic E-state index is 10.3. The summed E-state index contributed by atoms with van der Waals surface area (Å²) in [6.07, 6.45) is 3.24. The minimum Gasteiger partial charge on any atom is -0.507 e. The van der Waals surface area contributed by atoms with E-state index in [0.717, 1.165) is 11.1 Å². The highest BCUT2D eigenvalue weighted by Gasteiger charge is 2.04. The van der Waals surface area contributed by atoms with Crippen LogP contribution in [0.3, 0.4) is 0 Å². The molecule has 0 aliphatic heterocycles. The van der Waals surface area contributed by atoms with Crippen LogP contribution in [0.15, 0.2) is 107 Å². The summed E-state index contributed by atoms with van der Waals surface area (Å²) < 4.78 is 0. The molecule has 146 valence electrons. The molecular formula is C26H20N2O2. The van der Waals surface area contributed by atoms with Gasteiger partial charge in [-0.15, -0.1) is 0 Å². The van der Waals surface area contributed by atoms with Crippen LogP contribution in [0.5, 0.6) is 11.5 Å². The smallest absolute Gasteiger partial charge is 0.124 e. The van der Waals surface area contributed by atoms with E-state index in [2.05, 4.69) is 9.98 Å². The summed E-state index contributed by atoms with van der Waals surface area (Å²) >= 11 is 0. The molecular weight excluding hydrogens is 372 g/mol. The summed E-state index contributed by atoms with van der Waals surface area (Å²) in [5.41, 5.74) is 4.64. The first-order valence-corrected chi connectivity index (χ1v) is 9.54. The third kappa shape index (κ3) is 4.45. The molecule has 0 saturated carbocycles. The van der Waals surface area contributed by atoms with Gasteiger partial charge in [0.25, 0.3) is 0 Å². The van der Waals surface area contributed by atoms with Gasteiger partial charge in [-0.05, 0) is 47.5 Å². The maximum absolute atomic E-state index is 10.3. The number of aliphatic imine (C=N–C) groups is 2. The average Bonchev–Trinajstić information content (AvgIpc) is 2.79. The first-order valence-electron chi connectivity index (χ1n) is 9.54. The predicted octanol–water partition coefficient (Wildman–Crippen LogP) is 6.27. The lowest BCUT2D eigenvalue weighted by Gasteiger charge is -2.05. The Hall–Kier alpha value is -4.18. The number of rotatable bonds is 5. The number of hydrogen-bond donors (Lipinski definition) is 2. The SMILES string of the molecule is Oc1ccccc1C=Nc1ccccc1N=Cc1cc(-c2ccccc2)ccc1O. The molecule has 0 heterocycles. The molecule has 4 nitrogen and oxygen atoms in total. The Morgan fingerprint density at radius 2 is 1.07 bits per heavy atom. The van der Waals surface area contributed by atoms with Gasteiger partial charge in [0.15, 0.2) is 0 Å². The van der Waals surface area contributed by atoms with Gasteiger partial charge in [-0.25, -0.2) is 0 Å². The molecule has 0 saturated heterocycles. The van der Waals surface area contributed by atoms with Gasteiger partial charge in [0.2, 0.25) is 0 Å². The van der Waals surface area contributed by atoms with Gasteiger partial charge in [0.1, 0.15) is 11.5 Å². The van der Waals surface area contributed by atoms with E-state index < -0.39 is 0 Å². The average molecular weight is 392 g/mol. The molecule has 0 aliphatic carbocycles. The van der Waals surface area contributed by atoms with Gasteiger partial charge < -0.3 is 10.2 Å². The van der Waals surface area contributed by atoms with Crippen LogP contribution >= 0.6 is 0 Å². The van der Waals surface area contributed by atoms with Gasteiger partial charge in [-0.1, -0.05) is 60.7 Å². The molecule has 2 N–H and O–H groups in total. The molecule has 30 heavy (non-hydrogen) atoms. The number of benzene rings is 4. The van der Waals surface area contributed by atoms with Crippen molar-refractivity contribution in [2.45, 2.75) is 0 Å². The Morgan fingerprint density at radius 3 is 1.77 bits per heavy atom. The van der Waals surface area contributed by atoms with Crippen LogP contribution in [0, 0.1) is 0 Å². The quantitative estimate of drug-likeness (QED) is 0.393. The van der Waals surface area contributed by atoms with Crippen molar-refractivity contribution in [1.29, 1.82) is 0 Å². The van der Waals surface area contributed by atoms with Gasteiger partial charge in [-0.2, -0.15) is 0 Å². The minimum atomic E-state index is 0.161. The summed E-state index contributed by atoms with van der Waals surface area (Å²) in [7, 11) is 0. The third-order valence-electron chi connectivity index (χ3n) is 4.64. The lowest BCUT2D eigenvalue weighted by atomic mass is 10.0. The number of nitrogens with zero attached hydrogens (tertiary/aromatic N) is 2. The monoisotopic (exact) mass is 392 g/mol. The highest BCUT2D eigenvalue weighted by atomic mass is 16.3. The second-order valence-corrected chi connectivity index (χ2v) is 6.70. The van der Waals surface area contributed by atoms with Crippen molar-refractivity contribution >= 4 is 23.8 Å². The second kappa shape index (κ2) is 8.88. The largest absolute Gasteiger partial charge is 0.507 e. The van der Waals surface area contributed by atoms with Crippen molar-refractivity contribution in [3.8, 4) is 22.6 Å². The van der Waals surface area contributed by atoms with Crippen molar-refractivity contribution in [2.75, 3.05) is 0 Å². The Morgan fingerprint density at radius 1 is 0.500 bits per heavy atom. The zero-order valence-electron chi connectivity index (χ0n) is 16.2. The van der Waals surface area contributed by atoms with E-state index in [-0.39, 0.29) is 11.5 Å². The zero-order valence-corrected chi connectivity index (χ0v) is 16.2. The van der Waals surface area contributed by atoms with Crippen molar-refractivity contribution in [3.05, 3.63) is 108 Å². The fourth-order valence-corrected chi connectivity index (χ4v) is 3.03. The van der Waals surface area contributed by atoms with Gasteiger partial charge >= 0.3 is 0 Å². The van der Waals surface area contributed by atoms with E-state index >= 15 is 0 Å². The fraction of sp³-hybridized carbons (Fsp3) is 0. The summed E-state index contributed by atoms with van der Waals surface area (Å²) in [6, 6.07) is 29.9. The maximum Gasteiger partial charge on any atom is 0.124 e. The lowest BCUT2D eigenvalue weighted by molar-refractivity contribution is 0.474. The van der Waals surface area contributed by atoms with Crippen molar-refractivity contribution < 1.29 is 10.2 Å². The Kier molecular flexibility index (Phi) is 5.67. The number of phenols is 2. The number of phenolic OH excluding ortho intramolecular Hbond substituents is 2. The third-order valence-corrected chi connectivity index (χ3v) is 4.64. The van der Waals surface area contributed by atoms with Crippen LogP contribution in [0.1, 0.15) is 11.1 Å². The van der Waals surface area contributed by atoms with Crippen LogP contribution in [0.4, 0.5) is 11.4 Å². The summed E-state index contributed by atoms with van der Waals surface area (Å²) in [5.74, 6) is 0.332. The van der Waals surface area contributed by atoms with Crippen LogP contribution < -0.4 is 0 Å². The molecule has 0 atom stereocenters. The van der Waals surface area contributed by atoms with E-state index in [1.54, 1.807) is 36.7 Å². The van der Waals surface area contributed by atoms with E-state index in [0.29, 0.717) is 22.5 Å². The van der Waals surface area contributed by atoms with Crippen molar-refractivity contribution in [2.24, 2.45) is 9.98 Å². The Labute approximate surface area is 175 Å².